The second-order valence-corrected chi connectivity index (χ2v) is 8.64. The summed E-state index contributed by atoms with van der Waals surface area (Å²) in [6.45, 7) is 3.01. The summed E-state index contributed by atoms with van der Waals surface area (Å²) < 4.78 is 13.5. The minimum Gasteiger partial charge on any atom is -0.487 e. The van der Waals surface area contributed by atoms with Crippen molar-refractivity contribution in [3.8, 4) is 16.9 Å². The number of aromatic nitrogens is 2. The summed E-state index contributed by atoms with van der Waals surface area (Å²) in [5.74, 6) is 0.419. The van der Waals surface area contributed by atoms with Gasteiger partial charge >= 0.3 is 5.97 Å². The maximum absolute atomic E-state index is 12.0. The Labute approximate surface area is 199 Å². The van der Waals surface area contributed by atoms with Crippen molar-refractivity contribution in [2.45, 2.75) is 45.4 Å². The predicted octanol–water partition coefficient (Wildman–Crippen LogP) is 5.18. The highest BCUT2D eigenvalue weighted by molar-refractivity contribution is 5.87. The molecule has 5 rings (SSSR count). The van der Waals surface area contributed by atoms with E-state index in [9.17, 15) is 4.79 Å². The third-order valence-corrected chi connectivity index (χ3v) is 6.15. The maximum atomic E-state index is 12.0. The highest BCUT2D eigenvalue weighted by atomic mass is 16.5. The van der Waals surface area contributed by atoms with Gasteiger partial charge in [0, 0.05) is 17.5 Å². The van der Waals surface area contributed by atoms with E-state index in [0.717, 1.165) is 51.7 Å². The molecule has 0 atom stereocenters. The van der Waals surface area contributed by atoms with Gasteiger partial charge in [0.2, 0.25) is 0 Å². The van der Waals surface area contributed by atoms with Crippen molar-refractivity contribution >= 4 is 16.9 Å². The van der Waals surface area contributed by atoms with E-state index in [1.165, 1.54) is 0 Å². The van der Waals surface area contributed by atoms with Gasteiger partial charge in [0.05, 0.1) is 24.6 Å². The molecule has 34 heavy (non-hydrogen) atoms. The largest absolute Gasteiger partial charge is 0.487 e. The van der Waals surface area contributed by atoms with Gasteiger partial charge in [0.15, 0.2) is 0 Å². The quantitative estimate of drug-likeness (QED) is 0.352. The third-order valence-electron chi connectivity index (χ3n) is 6.15. The van der Waals surface area contributed by atoms with Crippen LogP contribution in [0.3, 0.4) is 0 Å². The van der Waals surface area contributed by atoms with Crippen LogP contribution in [0.4, 0.5) is 0 Å². The van der Waals surface area contributed by atoms with Crippen LogP contribution in [0.2, 0.25) is 0 Å². The Morgan fingerprint density at radius 2 is 1.88 bits per heavy atom. The van der Waals surface area contributed by atoms with Crippen molar-refractivity contribution in [3.05, 3.63) is 83.6 Å². The van der Waals surface area contributed by atoms with E-state index in [1.54, 1.807) is 0 Å². The molecule has 0 unspecified atom stereocenters. The van der Waals surface area contributed by atoms with Crippen molar-refractivity contribution < 1.29 is 14.3 Å². The SMILES string of the molecule is CCOC(=O)Cc1ccccc1OCc1nn(C2CC2)c2ccc(-c3cccc(CN)c3)cc12. The van der Waals surface area contributed by atoms with E-state index in [0.29, 0.717) is 31.5 Å². The van der Waals surface area contributed by atoms with Gasteiger partial charge in [-0.05, 0) is 60.7 Å². The number of nitrogens with two attached hydrogens (primary N) is 1. The Hall–Kier alpha value is -3.64. The van der Waals surface area contributed by atoms with E-state index in [2.05, 4.69) is 35.0 Å². The van der Waals surface area contributed by atoms with Crippen LogP contribution in [0.15, 0.2) is 66.7 Å². The Kier molecular flexibility index (Phi) is 6.32. The molecule has 0 spiro atoms. The van der Waals surface area contributed by atoms with Gasteiger partial charge in [0.25, 0.3) is 0 Å². The van der Waals surface area contributed by atoms with Crippen LogP contribution in [-0.2, 0) is 29.1 Å². The number of esters is 1. The molecule has 1 aliphatic rings. The summed E-state index contributed by atoms with van der Waals surface area (Å²) in [5.41, 5.74) is 12.0. The zero-order chi connectivity index (χ0) is 23.5. The normalized spacial score (nSPS) is 13.2. The zero-order valence-electron chi connectivity index (χ0n) is 19.4. The van der Waals surface area contributed by atoms with Crippen LogP contribution in [0.5, 0.6) is 5.75 Å². The van der Waals surface area contributed by atoms with Crippen molar-refractivity contribution in [1.29, 1.82) is 0 Å². The lowest BCUT2D eigenvalue weighted by atomic mass is 10.0. The molecule has 1 saturated carbocycles. The second-order valence-electron chi connectivity index (χ2n) is 8.64. The summed E-state index contributed by atoms with van der Waals surface area (Å²) in [6.07, 6.45) is 2.49. The lowest BCUT2D eigenvalue weighted by Gasteiger charge is -2.10. The lowest BCUT2D eigenvalue weighted by molar-refractivity contribution is -0.142. The number of hydrogen-bond acceptors (Lipinski definition) is 5. The molecule has 6 nitrogen and oxygen atoms in total. The van der Waals surface area contributed by atoms with Crippen molar-refractivity contribution in [3.63, 3.8) is 0 Å². The van der Waals surface area contributed by atoms with Gasteiger partial charge in [-0.15, -0.1) is 0 Å². The molecule has 6 heteroatoms. The Balaban J connectivity index is 1.46. The molecule has 0 amide bonds. The van der Waals surface area contributed by atoms with Crippen LogP contribution in [0.1, 0.15) is 42.6 Å². The number of fused-ring (bicyclic) bond motifs is 1. The topological polar surface area (TPSA) is 79.4 Å². The number of ether oxygens (including phenoxy) is 2. The minimum absolute atomic E-state index is 0.183. The standard InChI is InChI=1S/C28H29N3O3/c1-2-33-28(32)16-22-7-3-4-9-27(22)34-18-25-24-15-21(20-8-5-6-19(14-20)17-29)10-13-26(24)31(30-25)23-11-12-23/h3-10,13-15,23H,2,11-12,16-18,29H2,1H3. The lowest BCUT2D eigenvalue weighted by Crippen LogP contribution is -2.09. The van der Waals surface area contributed by atoms with Crippen molar-refractivity contribution in [1.82, 2.24) is 9.78 Å². The van der Waals surface area contributed by atoms with Crippen LogP contribution >= 0.6 is 0 Å². The molecule has 0 aliphatic heterocycles. The van der Waals surface area contributed by atoms with Crippen LogP contribution < -0.4 is 10.5 Å². The van der Waals surface area contributed by atoms with Crippen molar-refractivity contribution in [2.75, 3.05) is 6.61 Å². The number of benzene rings is 3. The molecule has 1 heterocycles. The number of rotatable bonds is 9. The monoisotopic (exact) mass is 455 g/mol. The van der Waals surface area contributed by atoms with Crippen LogP contribution in [0, 0.1) is 0 Å². The molecule has 0 bridgehead atoms. The fourth-order valence-electron chi connectivity index (χ4n) is 4.27. The summed E-state index contributed by atoms with van der Waals surface area (Å²) in [4.78, 5) is 12.0. The smallest absolute Gasteiger partial charge is 0.310 e. The number of carbonyl (C=O) groups excluding carboxylic acids is 1. The first-order chi connectivity index (χ1) is 16.7. The van der Waals surface area contributed by atoms with E-state index in [-0.39, 0.29) is 12.4 Å². The van der Waals surface area contributed by atoms with Gasteiger partial charge in [-0.25, -0.2) is 0 Å². The Morgan fingerprint density at radius 3 is 2.68 bits per heavy atom. The highest BCUT2D eigenvalue weighted by Gasteiger charge is 2.27. The average molecular weight is 456 g/mol. The number of carbonyl (C=O) groups is 1. The van der Waals surface area contributed by atoms with E-state index >= 15 is 0 Å². The number of nitrogens with zero attached hydrogens (tertiary/aromatic N) is 2. The molecule has 174 valence electrons. The van der Waals surface area contributed by atoms with E-state index < -0.39 is 0 Å². The van der Waals surface area contributed by atoms with E-state index in [1.807, 2.05) is 43.3 Å². The average Bonchev–Trinajstić information content (AvgIpc) is 3.65. The first-order valence-corrected chi connectivity index (χ1v) is 11.8. The molecule has 0 saturated heterocycles. The van der Waals surface area contributed by atoms with Gasteiger partial charge < -0.3 is 15.2 Å². The fraction of sp³-hybridized carbons (Fsp3) is 0.286. The van der Waals surface area contributed by atoms with E-state index in [4.69, 9.17) is 20.3 Å². The molecule has 1 aromatic heterocycles. The first kappa shape index (κ1) is 22.2. The summed E-state index contributed by atoms with van der Waals surface area (Å²) in [5, 5.41) is 6.02. The second kappa shape index (κ2) is 9.69. The van der Waals surface area contributed by atoms with Gasteiger partial charge in [0.1, 0.15) is 18.1 Å². The van der Waals surface area contributed by atoms with Crippen LogP contribution in [0.25, 0.3) is 22.0 Å². The number of para-hydroxylation sites is 1. The fourth-order valence-corrected chi connectivity index (χ4v) is 4.27. The predicted molar refractivity (Wildman–Crippen MR) is 132 cm³/mol. The highest BCUT2D eigenvalue weighted by Crippen LogP contribution is 2.38. The molecule has 4 aromatic rings. The Bertz CT molecular complexity index is 1320. The molecule has 1 fully saturated rings. The van der Waals surface area contributed by atoms with Gasteiger partial charge in [-0.1, -0.05) is 42.5 Å². The summed E-state index contributed by atoms with van der Waals surface area (Å²) >= 11 is 0. The zero-order valence-corrected chi connectivity index (χ0v) is 19.4. The first-order valence-electron chi connectivity index (χ1n) is 11.8. The molecule has 1 aliphatic carbocycles. The van der Waals surface area contributed by atoms with Gasteiger partial charge in [-0.3, -0.25) is 9.48 Å². The molecule has 0 radical (unpaired) electrons. The van der Waals surface area contributed by atoms with Gasteiger partial charge in [-0.2, -0.15) is 5.10 Å². The number of hydrogen-bond donors (Lipinski definition) is 1. The summed E-state index contributed by atoms with van der Waals surface area (Å²) in [7, 11) is 0. The maximum Gasteiger partial charge on any atom is 0.310 e. The van der Waals surface area contributed by atoms with Crippen molar-refractivity contribution in [2.24, 2.45) is 5.73 Å². The summed E-state index contributed by atoms with van der Waals surface area (Å²) in [6, 6.07) is 22.9. The molecular weight excluding hydrogens is 426 g/mol. The molecule has 3 aromatic carbocycles. The molecular formula is C28H29N3O3. The van der Waals surface area contributed by atoms with Crippen LogP contribution in [-0.4, -0.2) is 22.4 Å². The molecule has 2 N–H and O–H groups in total. The third kappa shape index (κ3) is 4.68. The Morgan fingerprint density at radius 1 is 1.06 bits per heavy atom. The minimum atomic E-state index is -0.258.